The molecule has 116 valence electrons. The fraction of sp³-hybridized carbons (Fsp3) is 0.400. The summed E-state index contributed by atoms with van der Waals surface area (Å²) in [6, 6.07) is 5.31. The number of rotatable bonds is 4. The number of amides is 1. The fourth-order valence-corrected chi connectivity index (χ4v) is 2.73. The van der Waals surface area contributed by atoms with Crippen LogP contribution in [0.5, 0.6) is 0 Å². The van der Waals surface area contributed by atoms with Crippen molar-refractivity contribution in [1.82, 2.24) is 15.5 Å². The Labute approximate surface area is 126 Å². The number of carbonyl (C=O) groups is 2. The van der Waals surface area contributed by atoms with Crippen molar-refractivity contribution >= 4 is 22.8 Å². The molecule has 1 aliphatic rings. The summed E-state index contributed by atoms with van der Waals surface area (Å²) in [5, 5.41) is 19.8. The molecule has 3 rings (SSSR count). The van der Waals surface area contributed by atoms with Crippen LogP contribution in [0.25, 0.3) is 10.9 Å². The number of aromatic nitrogens is 2. The average molecular weight is 303 g/mol. The van der Waals surface area contributed by atoms with Crippen LogP contribution < -0.4 is 5.32 Å². The van der Waals surface area contributed by atoms with Crippen LogP contribution in [0.15, 0.2) is 24.4 Å². The molecule has 0 aliphatic carbocycles. The second-order valence-corrected chi connectivity index (χ2v) is 5.52. The highest BCUT2D eigenvalue weighted by Crippen LogP contribution is 2.30. The lowest BCUT2D eigenvalue weighted by atomic mass is 9.80. The maximum Gasteiger partial charge on any atom is 0.311 e. The number of H-pyrrole nitrogens is 1. The monoisotopic (exact) mass is 303 g/mol. The van der Waals surface area contributed by atoms with Gasteiger partial charge in [0.05, 0.1) is 22.7 Å². The third kappa shape index (κ3) is 2.55. The molecule has 0 saturated carbocycles. The molecule has 1 saturated heterocycles. The van der Waals surface area contributed by atoms with Gasteiger partial charge >= 0.3 is 5.97 Å². The van der Waals surface area contributed by atoms with Crippen LogP contribution in [0.1, 0.15) is 23.2 Å². The molecule has 1 aromatic heterocycles. The molecule has 2 heterocycles. The zero-order valence-electron chi connectivity index (χ0n) is 12.0. The van der Waals surface area contributed by atoms with Gasteiger partial charge in [-0.15, -0.1) is 0 Å². The summed E-state index contributed by atoms with van der Waals surface area (Å²) < 4.78 is 5.22. The maximum atomic E-state index is 12.4. The van der Waals surface area contributed by atoms with Crippen LogP contribution in [-0.4, -0.2) is 46.9 Å². The van der Waals surface area contributed by atoms with Gasteiger partial charge in [-0.2, -0.15) is 5.10 Å². The van der Waals surface area contributed by atoms with Crippen LogP contribution in [0, 0.1) is 5.41 Å². The first kappa shape index (κ1) is 14.5. The molecule has 2 aromatic rings. The van der Waals surface area contributed by atoms with Crippen molar-refractivity contribution in [2.24, 2.45) is 5.41 Å². The summed E-state index contributed by atoms with van der Waals surface area (Å²) in [5.41, 5.74) is 0.162. The van der Waals surface area contributed by atoms with Gasteiger partial charge in [0, 0.05) is 25.1 Å². The molecule has 0 atom stereocenters. The molecule has 1 aromatic carbocycles. The lowest BCUT2D eigenvalue weighted by Crippen LogP contribution is -2.46. The van der Waals surface area contributed by atoms with Gasteiger partial charge in [0.25, 0.3) is 5.91 Å². The molecular formula is C15H17N3O4. The molecule has 0 unspecified atom stereocenters. The predicted octanol–water partition coefficient (Wildman–Crippen LogP) is 1.17. The number of fused-ring (bicyclic) bond motifs is 1. The fourth-order valence-electron chi connectivity index (χ4n) is 2.73. The molecule has 1 amide bonds. The van der Waals surface area contributed by atoms with Gasteiger partial charge in [-0.3, -0.25) is 14.7 Å². The number of carbonyl (C=O) groups excluding carboxylic acids is 1. The first-order valence-electron chi connectivity index (χ1n) is 7.14. The second kappa shape index (κ2) is 5.76. The summed E-state index contributed by atoms with van der Waals surface area (Å²) in [6.07, 6.45) is 2.44. The van der Waals surface area contributed by atoms with Crippen molar-refractivity contribution in [1.29, 1.82) is 0 Å². The Morgan fingerprint density at radius 3 is 2.86 bits per heavy atom. The minimum absolute atomic E-state index is 0.0923. The molecule has 22 heavy (non-hydrogen) atoms. The SMILES string of the molecule is O=C(NCC1(C(=O)O)CCOCC1)c1cccc2cn[nH]c12. The number of nitrogens with one attached hydrogen (secondary N) is 2. The van der Waals surface area contributed by atoms with Gasteiger partial charge in [0.1, 0.15) is 0 Å². The van der Waals surface area contributed by atoms with E-state index >= 15 is 0 Å². The van der Waals surface area contributed by atoms with E-state index in [4.69, 9.17) is 4.74 Å². The number of hydrogen-bond donors (Lipinski definition) is 3. The van der Waals surface area contributed by atoms with Crippen molar-refractivity contribution in [3.63, 3.8) is 0 Å². The second-order valence-electron chi connectivity index (χ2n) is 5.52. The number of para-hydroxylation sites is 1. The number of benzene rings is 1. The normalized spacial score (nSPS) is 17.3. The summed E-state index contributed by atoms with van der Waals surface area (Å²) in [5.74, 6) is -1.20. The number of hydrogen-bond acceptors (Lipinski definition) is 4. The van der Waals surface area contributed by atoms with Gasteiger partial charge in [-0.25, -0.2) is 0 Å². The molecule has 3 N–H and O–H groups in total. The number of carboxylic acids is 1. The first-order chi connectivity index (χ1) is 10.6. The first-order valence-corrected chi connectivity index (χ1v) is 7.14. The van der Waals surface area contributed by atoms with E-state index in [1.165, 1.54) is 0 Å². The third-order valence-electron chi connectivity index (χ3n) is 4.21. The van der Waals surface area contributed by atoms with Crippen LogP contribution in [0.3, 0.4) is 0 Å². The van der Waals surface area contributed by atoms with Gasteiger partial charge in [0.2, 0.25) is 0 Å². The van der Waals surface area contributed by atoms with Gasteiger partial charge in [-0.1, -0.05) is 12.1 Å². The smallest absolute Gasteiger partial charge is 0.311 e. The van der Waals surface area contributed by atoms with Crippen LogP contribution in [0.2, 0.25) is 0 Å². The minimum Gasteiger partial charge on any atom is -0.481 e. The Morgan fingerprint density at radius 2 is 2.14 bits per heavy atom. The number of carboxylic acid groups (broad SMARTS) is 1. The Bertz CT molecular complexity index is 704. The van der Waals surface area contributed by atoms with E-state index in [2.05, 4.69) is 15.5 Å². The van der Waals surface area contributed by atoms with E-state index in [9.17, 15) is 14.7 Å². The molecule has 1 fully saturated rings. The van der Waals surface area contributed by atoms with Crippen LogP contribution >= 0.6 is 0 Å². The number of nitrogens with zero attached hydrogens (tertiary/aromatic N) is 1. The van der Waals surface area contributed by atoms with E-state index in [0.717, 1.165) is 5.39 Å². The number of ether oxygens (including phenoxy) is 1. The summed E-state index contributed by atoms with van der Waals surface area (Å²) >= 11 is 0. The highest BCUT2D eigenvalue weighted by molar-refractivity contribution is 6.05. The van der Waals surface area contributed by atoms with E-state index in [-0.39, 0.29) is 12.5 Å². The average Bonchev–Trinajstić information content (AvgIpc) is 3.02. The predicted molar refractivity (Wildman–Crippen MR) is 78.5 cm³/mol. The Morgan fingerprint density at radius 1 is 1.36 bits per heavy atom. The van der Waals surface area contributed by atoms with Gasteiger partial charge < -0.3 is 15.2 Å². The highest BCUT2D eigenvalue weighted by Gasteiger charge is 2.40. The summed E-state index contributed by atoms with van der Waals surface area (Å²) in [6.45, 7) is 0.894. The number of aromatic amines is 1. The van der Waals surface area contributed by atoms with Crippen molar-refractivity contribution in [2.75, 3.05) is 19.8 Å². The molecule has 7 nitrogen and oxygen atoms in total. The third-order valence-corrected chi connectivity index (χ3v) is 4.21. The van der Waals surface area contributed by atoms with Crippen molar-refractivity contribution < 1.29 is 19.4 Å². The lowest BCUT2D eigenvalue weighted by molar-refractivity contribution is -0.154. The standard InChI is InChI=1S/C15H17N3O4/c19-13(11-3-1-2-10-8-17-18-12(10)11)16-9-15(14(20)21)4-6-22-7-5-15/h1-3,8H,4-7,9H2,(H,16,19)(H,17,18)(H,20,21). The minimum atomic E-state index is -0.949. The Hall–Kier alpha value is -2.41. The lowest BCUT2D eigenvalue weighted by Gasteiger charge is -2.33. The van der Waals surface area contributed by atoms with Crippen molar-refractivity contribution in [3.05, 3.63) is 30.0 Å². The van der Waals surface area contributed by atoms with E-state index in [1.54, 1.807) is 18.3 Å². The van der Waals surface area contributed by atoms with E-state index < -0.39 is 11.4 Å². The number of aliphatic carboxylic acids is 1. The zero-order valence-corrected chi connectivity index (χ0v) is 12.0. The maximum absolute atomic E-state index is 12.4. The van der Waals surface area contributed by atoms with E-state index in [1.807, 2.05) is 6.07 Å². The molecule has 0 spiro atoms. The van der Waals surface area contributed by atoms with Gasteiger partial charge in [-0.05, 0) is 18.9 Å². The Balaban J connectivity index is 1.76. The Kier molecular flexibility index (Phi) is 3.81. The molecule has 0 bridgehead atoms. The molecule has 7 heteroatoms. The molecular weight excluding hydrogens is 286 g/mol. The summed E-state index contributed by atoms with van der Waals surface area (Å²) in [7, 11) is 0. The van der Waals surface area contributed by atoms with Crippen molar-refractivity contribution in [3.8, 4) is 0 Å². The summed E-state index contributed by atoms with van der Waals surface area (Å²) in [4.78, 5) is 24.0. The molecule has 1 aliphatic heterocycles. The van der Waals surface area contributed by atoms with E-state index in [0.29, 0.717) is 37.1 Å². The van der Waals surface area contributed by atoms with Crippen LogP contribution in [-0.2, 0) is 9.53 Å². The van der Waals surface area contributed by atoms with Gasteiger partial charge in [0.15, 0.2) is 0 Å². The largest absolute Gasteiger partial charge is 0.481 e. The van der Waals surface area contributed by atoms with Crippen LogP contribution in [0.4, 0.5) is 0 Å². The quantitative estimate of drug-likeness (QED) is 0.786. The molecule has 0 radical (unpaired) electrons. The topological polar surface area (TPSA) is 104 Å². The van der Waals surface area contributed by atoms with Crippen molar-refractivity contribution in [2.45, 2.75) is 12.8 Å². The highest BCUT2D eigenvalue weighted by atomic mass is 16.5. The zero-order chi connectivity index (χ0) is 15.6.